The van der Waals surface area contributed by atoms with Crippen molar-refractivity contribution >= 4 is 12.6 Å². The predicted octanol–water partition coefficient (Wildman–Crippen LogP) is 5.73. The molecule has 13 heteroatoms. The third kappa shape index (κ3) is 5.82. The second-order valence-corrected chi connectivity index (χ2v) is 5.22. The Morgan fingerprint density at radius 2 is 1.04 bits per heavy atom. The topological polar surface area (TPSA) is 0 Å². The monoisotopic (exact) mass is 390 g/mol. The molecule has 0 N–H and O–H groups in total. The molecule has 1 unspecified atom stereocenters. The van der Waals surface area contributed by atoms with Crippen LogP contribution >= 0.6 is 12.6 Å². The molecule has 0 saturated heterocycles. The van der Waals surface area contributed by atoms with Crippen LogP contribution in [0, 0.1) is 5.92 Å². The molecule has 0 rings (SSSR count). The summed E-state index contributed by atoms with van der Waals surface area (Å²) < 4.78 is 151. The molecule has 0 radical (unpaired) electrons. The van der Waals surface area contributed by atoms with Gasteiger partial charge in [-0.25, -0.2) is 13.2 Å². The molecule has 1 atom stereocenters. The van der Waals surface area contributed by atoms with Crippen molar-refractivity contribution in [2.45, 2.75) is 49.4 Å². The smallest absolute Gasteiger partial charge is 0.224 e. The summed E-state index contributed by atoms with van der Waals surface area (Å²) in [4.78, 5) is 0. The molecule has 0 aliphatic heterocycles. The normalized spacial score (nSPS) is 16.6. The largest absolute Gasteiger partial charge is 0.431 e. The fourth-order valence-corrected chi connectivity index (χ4v) is 1.99. The SMILES string of the molecule is FC(F)(CCS)CC(CC(F)(C(F)(F)F)C(F)(F)F)C(F)(F)F. The van der Waals surface area contributed by atoms with Crippen LogP contribution in [-0.4, -0.2) is 35.9 Å². The maximum Gasteiger partial charge on any atom is 0.431 e. The average molecular weight is 390 g/mol. The van der Waals surface area contributed by atoms with Crippen LogP contribution in [0.2, 0.25) is 0 Å². The summed E-state index contributed by atoms with van der Waals surface area (Å²) in [5, 5.41) is 0. The number of hydrogen-bond donors (Lipinski definition) is 1. The van der Waals surface area contributed by atoms with Gasteiger partial charge in [-0.05, 0) is 5.75 Å². The van der Waals surface area contributed by atoms with Gasteiger partial charge in [-0.3, -0.25) is 0 Å². The van der Waals surface area contributed by atoms with Gasteiger partial charge in [0.1, 0.15) is 0 Å². The summed E-state index contributed by atoms with van der Waals surface area (Å²) in [5.74, 6) is -8.76. The Bertz CT molecular complexity index is 365. The van der Waals surface area contributed by atoms with Crippen molar-refractivity contribution in [2.75, 3.05) is 5.75 Å². The van der Waals surface area contributed by atoms with Gasteiger partial charge in [0.15, 0.2) is 0 Å². The van der Waals surface area contributed by atoms with Crippen molar-refractivity contribution in [3.05, 3.63) is 0 Å². The maximum absolute atomic E-state index is 13.3. The molecule has 0 saturated carbocycles. The van der Waals surface area contributed by atoms with E-state index in [9.17, 15) is 52.7 Å². The second-order valence-electron chi connectivity index (χ2n) is 4.77. The van der Waals surface area contributed by atoms with E-state index in [-0.39, 0.29) is 0 Å². The summed E-state index contributed by atoms with van der Waals surface area (Å²) in [6.45, 7) is 0. The highest BCUT2D eigenvalue weighted by molar-refractivity contribution is 7.80. The van der Waals surface area contributed by atoms with Gasteiger partial charge >= 0.3 is 18.5 Å². The summed E-state index contributed by atoms with van der Waals surface area (Å²) in [5.41, 5.74) is -6.25. The van der Waals surface area contributed by atoms with Crippen molar-refractivity contribution in [2.24, 2.45) is 5.92 Å². The Labute approximate surface area is 127 Å². The quantitative estimate of drug-likeness (QED) is 0.435. The Morgan fingerprint density at radius 3 is 1.30 bits per heavy atom. The minimum absolute atomic E-state index is 0.670. The van der Waals surface area contributed by atoms with E-state index in [1.807, 2.05) is 0 Å². The molecule has 0 amide bonds. The van der Waals surface area contributed by atoms with Gasteiger partial charge in [0.25, 0.3) is 5.67 Å². The minimum Gasteiger partial charge on any atom is -0.224 e. The van der Waals surface area contributed by atoms with Gasteiger partial charge in [-0.2, -0.15) is 52.1 Å². The molecule has 0 spiro atoms. The lowest BCUT2D eigenvalue weighted by atomic mass is 9.86. The zero-order chi connectivity index (χ0) is 18.9. The van der Waals surface area contributed by atoms with E-state index in [2.05, 4.69) is 12.6 Å². The Kier molecular flexibility index (Phi) is 6.64. The highest BCUT2D eigenvalue weighted by Crippen LogP contribution is 2.53. The van der Waals surface area contributed by atoms with Crippen molar-refractivity contribution in [3.63, 3.8) is 0 Å². The van der Waals surface area contributed by atoms with Crippen LogP contribution in [0.3, 0.4) is 0 Å². The fraction of sp³-hybridized carbons (Fsp3) is 1.00. The zero-order valence-electron chi connectivity index (χ0n) is 10.9. The van der Waals surface area contributed by atoms with E-state index >= 15 is 0 Å². The molecule has 0 aromatic rings. The first-order valence-corrected chi connectivity index (χ1v) is 6.38. The van der Waals surface area contributed by atoms with E-state index in [1.54, 1.807) is 0 Å². The molecule has 0 aliphatic carbocycles. The Balaban J connectivity index is 5.69. The average Bonchev–Trinajstić information content (AvgIpc) is 2.22. The third-order valence-corrected chi connectivity index (χ3v) is 3.14. The highest BCUT2D eigenvalue weighted by Gasteiger charge is 2.74. The van der Waals surface area contributed by atoms with Gasteiger partial charge in [0.2, 0.25) is 5.92 Å². The molecular formula is C10H10F12S. The van der Waals surface area contributed by atoms with Crippen molar-refractivity contribution < 1.29 is 52.7 Å². The maximum atomic E-state index is 13.3. The molecule has 140 valence electrons. The highest BCUT2D eigenvalue weighted by atomic mass is 32.1. The molecule has 0 nitrogen and oxygen atoms in total. The number of alkyl halides is 12. The van der Waals surface area contributed by atoms with Crippen molar-refractivity contribution in [3.8, 4) is 0 Å². The molecule has 0 fully saturated rings. The molecule has 0 bridgehead atoms. The van der Waals surface area contributed by atoms with Crippen LogP contribution in [-0.2, 0) is 0 Å². The minimum atomic E-state index is -6.74. The van der Waals surface area contributed by atoms with Crippen molar-refractivity contribution in [1.82, 2.24) is 0 Å². The number of rotatable bonds is 6. The van der Waals surface area contributed by atoms with Gasteiger partial charge in [0.05, 0.1) is 5.92 Å². The summed E-state index contributed by atoms with van der Waals surface area (Å²) >= 11 is 3.29. The van der Waals surface area contributed by atoms with Crippen LogP contribution in [0.5, 0.6) is 0 Å². The van der Waals surface area contributed by atoms with Crippen molar-refractivity contribution in [1.29, 1.82) is 0 Å². The molecule has 0 heterocycles. The molecule has 0 aromatic heterocycles. The first-order chi connectivity index (χ1) is 9.87. The van der Waals surface area contributed by atoms with E-state index in [0.717, 1.165) is 0 Å². The van der Waals surface area contributed by atoms with Gasteiger partial charge in [-0.1, -0.05) is 0 Å². The van der Waals surface area contributed by atoms with Crippen LogP contribution < -0.4 is 0 Å². The van der Waals surface area contributed by atoms with Gasteiger partial charge < -0.3 is 0 Å². The molecule has 0 aliphatic rings. The first kappa shape index (κ1) is 22.5. The number of halogens is 12. The summed E-state index contributed by atoms with van der Waals surface area (Å²) in [6, 6.07) is 0. The fourth-order valence-electron chi connectivity index (χ4n) is 1.66. The molecular weight excluding hydrogens is 380 g/mol. The lowest BCUT2D eigenvalue weighted by Gasteiger charge is -2.34. The Hall–Kier alpha value is -0.490. The van der Waals surface area contributed by atoms with E-state index in [0.29, 0.717) is 0 Å². The third-order valence-electron chi connectivity index (χ3n) is 2.91. The van der Waals surface area contributed by atoms with E-state index < -0.39 is 61.1 Å². The number of hydrogen-bond acceptors (Lipinski definition) is 1. The zero-order valence-corrected chi connectivity index (χ0v) is 11.8. The number of thiol groups is 1. The predicted molar refractivity (Wildman–Crippen MR) is 58.1 cm³/mol. The van der Waals surface area contributed by atoms with Gasteiger partial charge in [-0.15, -0.1) is 0 Å². The van der Waals surface area contributed by atoms with Crippen LogP contribution in [0.1, 0.15) is 19.3 Å². The second kappa shape index (κ2) is 6.79. The van der Waals surface area contributed by atoms with Crippen LogP contribution in [0.25, 0.3) is 0 Å². The summed E-state index contributed by atoms with van der Waals surface area (Å²) in [7, 11) is 0. The molecule has 0 aromatic carbocycles. The Morgan fingerprint density at radius 1 is 0.652 bits per heavy atom. The summed E-state index contributed by atoms with van der Waals surface area (Å²) in [6.07, 6.45) is -26.3. The lowest BCUT2D eigenvalue weighted by molar-refractivity contribution is -0.353. The van der Waals surface area contributed by atoms with Gasteiger partial charge in [0, 0.05) is 19.3 Å². The standard InChI is InChI=1S/C10H10F12S/c11-6(12,1-2-23)3-5(8(14,15)16)4-7(13,9(17,18)19)10(20,21)22/h5,23H,1-4H2. The van der Waals surface area contributed by atoms with Crippen LogP contribution in [0.4, 0.5) is 52.7 Å². The molecule has 23 heavy (non-hydrogen) atoms. The first-order valence-electron chi connectivity index (χ1n) is 5.75. The lowest BCUT2D eigenvalue weighted by Crippen LogP contribution is -2.55. The van der Waals surface area contributed by atoms with Crippen LogP contribution in [0.15, 0.2) is 0 Å². The van der Waals surface area contributed by atoms with E-state index in [1.165, 1.54) is 0 Å². The van der Waals surface area contributed by atoms with E-state index in [4.69, 9.17) is 0 Å².